The first-order chi connectivity index (χ1) is 9.17. The van der Waals surface area contributed by atoms with Crippen molar-refractivity contribution in [3.05, 3.63) is 22.6 Å². The maximum atomic E-state index is 13.1. The Morgan fingerprint density at radius 1 is 1.55 bits per heavy atom. The minimum Gasteiger partial charge on any atom is -0.481 e. The molecule has 0 bridgehead atoms. The first kappa shape index (κ1) is 15.4. The second-order valence-electron chi connectivity index (χ2n) is 4.92. The fourth-order valence-corrected chi connectivity index (χ4v) is 2.75. The second kappa shape index (κ2) is 5.07. The van der Waals surface area contributed by atoms with Gasteiger partial charge in [0.15, 0.2) is 10.1 Å². The Labute approximate surface area is 121 Å². The van der Waals surface area contributed by atoms with Crippen molar-refractivity contribution in [2.75, 3.05) is 13.1 Å². The standard InChI is InChI=1S/C12H13BrF3NO3/c1-7(8-2-3-9(13)20-8)17-5-4-11(6-17,10(18)19)12(14,15)16/h2-3,7H,4-6H2,1H3,(H,18,19). The lowest BCUT2D eigenvalue weighted by atomic mass is 9.86. The predicted molar refractivity (Wildman–Crippen MR) is 67.1 cm³/mol. The zero-order valence-electron chi connectivity index (χ0n) is 10.6. The van der Waals surface area contributed by atoms with Crippen LogP contribution in [-0.2, 0) is 4.79 Å². The van der Waals surface area contributed by atoms with Crippen LogP contribution in [0.1, 0.15) is 25.1 Å². The van der Waals surface area contributed by atoms with Gasteiger partial charge in [0.05, 0.1) is 6.04 Å². The van der Waals surface area contributed by atoms with E-state index in [-0.39, 0.29) is 6.54 Å². The summed E-state index contributed by atoms with van der Waals surface area (Å²) in [6.07, 6.45) is -5.21. The Morgan fingerprint density at radius 3 is 2.60 bits per heavy atom. The monoisotopic (exact) mass is 355 g/mol. The number of nitrogens with zero attached hydrogens (tertiary/aromatic N) is 1. The summed E-state index contributed by atoms with van der Waals surface area (Å²) < 4.78 is 45.0. The highest BCUT2D eigenvalue weighted by atomic mass is 79.9. The highest BCUT2D eigenvalue weighted by Gasteiger charge is 2.64. The van der Waals surface area contributed by atoms with Crippen molar-refractivity contribution in [2.45, 2.75) is 25.6 Å². The molecule has 4 nitrogen and oxygen atoms in total. The van der Waals surface area contributed by atoms with E-state index >= 15 is 0 Å². The van der Waals surface area contributed by atoms with Gasteiger partial charge < -0.3 is 9.52 Å². The average molecular weight is 356 g/mol. The largest absolute Gasteiger partial charge is 0.481 e. The van der Waals surface area contributed by atoms with E-state index in [0.29, 0.717) is 10.4 Å². The number of hydrogen-bond donors (Lipinski definition) is 1. The normalized spacial score (nSPS) is 25.9. The number of furan rings is 1. The lowest BCUT2D eigenvalue weighted by Gasteiger charge is -2.29. The molecule has 8 heteroatoms. The lowest BCUT2D eigenvalue weighted by Crippen LogP contribution is -2.47. The van der Waals surface area contributed by atoms with Crippen molar-refractivity contribution >= 4 is 21.9 Å². The Balaban J connectivity index is 2.21. The summed E-state index contributed by atoms with van der Waals surface area (Å²) in [5.41, 5.74) is -2.69. The molecule has 0 amide bonds. The molecule has 0 aliphatic carbocycles. The Kier molecular flexibility index (Phi) is 3.90. The number of hydrogen-bond acceptors (Lipinski definition) is 3. The van der Waals surface area contributed by atoms with Crippen LogP contribution in [0.4, 0.5) is 13.2 Å². The number of aliphatic carboxylic acids is 1. The lowest BCUT2D eigenvalue weighted by molar-refractivity contribution is -0.227. The van der Waals surface area contributed by atoms with E-state index < -0.39 is 36.6 Å². The van der Waals surface area contributed by atoms with Gasteiger partial charge in [0.2, 0.25) is 0 Å². The van der Waals surface area contributed by atoms with Crippen molar-refractivity contribution < 1.29 is 27.5 Å². The maximum Gasteiger partial charge on any atom is 0.406 e. The van der Waals surface area contributed by atoms with Crippen molar-refractivity contribution in [3.63, 3.8) is 0 Å². The molecule has 1 saturated heterocycles. The summed E-state index contributed by atoms with van der Waals surface area (Å²) in [4.78, 5) is 12.6. The molecule has 1 aromatic rings. The average Bonchev–Trinajstić information content (AvgIpc) is 2.93. The molecule has 1 aliphatic rings. The van der Waals surface area contributed by atoms with Gasteiger partial charge in [-0.2, -0.15) is 13.2 Å². The number of carbonyl (C=O) groups is 1. The quantitative estimate of drug-likeness (QED) is 0.902. The van der Waals surface area contributed by atoms with Crippen LogP contribution in [0.15, 0.2) is 21.2 Å². The summed E-state index contributed by atoms with van der Waals surface area (Å²) in [6, 6.07) is 2.89. The van der Waals surface area contributed by atoms with Crippen LogP contribution in [0, 0.1) is 5.41 Å². The van der Waals surface area contributed by atoms with E-state index in [9.17, 15) is 18.0 Å². The van der Waals surface area contributed by atoms with Crippen LogP contribution >= 0.6 is 15.9 Å². The molecule has 0 spiro atoms. The topological polar surface area (TPSA) is 53.7 Å². The maximum absolute atomic E-state index is 13.1. The molecular weight excluding hydrogens is 343 g/mol. The fourth-order valence-electron chi connectivity index (χ4n) is 2.43. The Morgan fingerprint density at radius 2 is 2.20 bits per heavy atom. The minimum absolute atomic E-state index is 0.0608. The molecule has 1 aromatic heterocycles. The first-order valence-corrected chi connectivity index (χ1v) is 6.76. The van der Waals surface area contributed by atoms with Crippen molar-refractivity contribution in [1.82, 2.24) is 4.90 Å². The van der Waals surface area contributed by atoms with Gasteiger partial charge >= 0.3 is 12.1 Å². The van der Waals surface area contributed by atoms with Gasteiger partial charge in [-0.1, -0.05) is 0 Å². The third-order valence-corrected chi connectivity index (χ3v) is 4.23. The van der Waals surface area contributed by atoms with Crippen molar-refractivity contribution in [1.29, 1.82) is 0 Å². The SMILES string of the molecule is CC(c1ccc(Br)o1)N1CCC(C(=O)O)(C(F)(F)F)C1. The molecule has 2 rings (SSSR count). The van der Waals surface area contributed by atoms with Gasteiger partial charge in [0.25, 0.3) is 0 Å². The van der Waals surface area contributed by atoms with E-state index in [4.69, 9.17) is 9.52 Å². The summed E-state index contributed by atoms with van der Waals surface area (Å²) in [6.45, 7) is 1.19. The van der Waals surface area contributed by atoms with E-state index in [2.05, 4.69) is 15.9 Å². The van der Waals surface area contributed by atoms with E-state index in [0.717, 1.165) is 0 Å². The highest BCUT2D eigenvalue weighted by molar-refractivity contribution is 9.10. The molecule has 0 radical (unpaired) electrons. The van der Waals surface area contributed by atoms with Gasteiger partial charge in [0.1, 0.15) is 5.76 Å². The number of carboxylic acids is 1. The van der Waals surface area contributed by atoms with Crippen LogP contribution in [-0.4, -0.2) is 35.2 Å². The minimum atomic E-state index is -4.77. The molecule has 2 unspecified atom stereocenters. The Hall–Kier alpha value is -1.02. The summed E-state index contributed by atoms with van der Waals surface area (Å²) in [5, 5.41) is 9.00. The number of halogens is 4. The van der Waals surface area contributed by atoms with Crippen LogP contribution in [0.25, 0.3) is 0 Å². The van der Waals surface area contributed by atoms with Gasteiger partial charge in [-0.05, 0) is 41.4 Å². The van der Waals surface area contributed by atoms with Gasteiger partial charge in [0, 0.05) is 13.1 Å². The van der Waals surface area contributed by atoms with Crippen LogP contribution < -0.4 is 0 Å². The third kappa shape index (κ3) is 2.46. The second-order valence-corrected chi connectivity index (χ2v) is 5.70. The molecule has 1 fully saturated rings. The number of rotatable bonds is 3. The van der Waals surface area contributed by atoms with Crippen molar-refractivity contribution in [3.8, 4) is 0 Å². The highest BCUT2D eigenvalue weighted by Crippen LogP contribution is 2.47. The number of alkyl halides is 3. The van der Waals surface area contributed by atoms with Gasteiger partial charge in [-0.15, -0.1) is 0 Å². The van der Waals surface area contributed by atoms with E-state index in [1.165, 1.54) is 4.90 Å². The fraction of sp³-hybridized carbons (Fsp3) is 0.583. The molecule has 0 saturated carbocycles. The molecule has 20 heavy (non-hydrogen) atoms. The zero-order valence-corrected chi connectivity index (χ0v) is 12.2. The molecule has 0 aromatic carbocycles. The number of carboxylic acid groups (broad SMARTS) is 1. The molecule has 112 valence electrons. The predicted octanol–water partition coefficient (Wildman–Crippen LogP) is 3.44. The van der Waals surface area contributed by atoms with Crippen LogP contribution in [0.2, 0.25) is 0 Å². The smallest absolute Gasteiger partial charge is 0.406 e. The van der Waals surface area contributed by atoms with Gasteiger partial charge in [-0.25, -0.2) is 0 Å². The third-order valence-electron chi connectivity index (χ3n) is 3.80. The van der Waals surface area contributed by atoms with Gasteiger partial charge in [-0.3, -0.25) is 9.69 Å². The summed E-state index contributed by atoms with van der Waals surface area (Å²) in [7, 11) is 0. The summed E-state index contributed by atoms with van der Waals surface area (Å²) in [5.74, 6) is -1.32. The first-order valence-electron chi connectivity index (χ1n) is 5.97. The molecule has 2 heterocycles. The van der Waals surface area contributed by atoms with E-state index in [1.54, 1.807) is 19.1 Å². The van der Waals surface area contributed by atoms with Crippen LogP contribution in [0.5, 0.6) is 0 Å². The van der Waals surface area contributed by atoms with Crippen LogP contribution in [0.3, 0.4) is 0 Å². The number of likely N-dealkylation sites (tertiary alicyclic amines) is 1. The zero-order chi connectivity index (χ0) is 15.1. The van der Waals surface area contributed by atoms with Crippen molar-refractivity contribution in [2.24, 2.45) is 5.41 Å². The summed E-state index contributed by atoms with van der Waals surface area (Å²) >= 11 is 3.13. The molecule has 1 N–H and O–H groups in total. The molecule has 2 atom stereocenters. The Bertz CT molecular complexity index is 516. The van der Waals surface area contributed by atoms with E-state index in [1.807, 2.05) is 0 Å². The molecular formula is C12H13BrF3NO3. The molecule has 1 aliphatic heterocycles.